The first-order chi connectivity index (χ1) is 16.1. The Hall–Kier alpha value is -3.35. The molecule has 1 saturated carbocycles. The van der Waals surface area contributed by atoms with Crippen molar-refractivity contribution in [2.45, 2.75) is 58.0 Å². The number of rotatable bonds is 7. The highest BCUT2D eigenvalue weighted by Gasteiger charge is 2.49. The van der Waals surface area contributed by atoms with Gasteiger partial charge in [-0.05, 0) is 50.5 Å². The minimum Gasteiger partial charge on any atom is -0.507 e. The van der Waals surface area contributed by atoms with Crippen molar-refractivity contribution in [1.82, 2.24) is 9.88 Å². The van der Waals surface area contributed by atoms with E-state index in [0.29, 0.717) is 35.8 Å². The number of Topliss-reactive ketones (excluding diaryl/α,β-unsaturated/α-hetero) is 1. The Balaban J connectivity index is 1.86. The molecule has 1 aromatic carbocycles. The molecule has 1 aliphatic carbocycles. The van der Waals surface area contributed by atoms with Crippen molar-refractivity contribution in [3.63, 3.8) is 0 Å². The molecule has 0 radical (unpaired) electrons. The monoisotopic (exact) mass is 450 g/mol. The van der Waals surface area contributed by atoms with Gasteiger partial charge in [0.15, 0.2) is 0 Å². The van der Waals surface area contributed by atoms with Crippen LogP contribution in [0, 0.1) is 0 Å². The van der Waals surface area contributed by atoms with Gasteiger partial charge in [-0.3, -0.25) is 14.6 Å². The number of benzene rings is 1. The predicted octanol–water partition coefficient (Wildman–Crippen LogP) is 4.63. The van der Waals surface area contributed by atoms with Crippen molar-refractivity contribution in [2.75, 3.05) is 13.2 Å². The van der Waals surface area contributed by atoms with E-state index in [-0.39, 0.29) is 17.4 Å². The molecular formula is C26H30N2O5. The molecule has 1 amide bonds. The van der Waals surface area contributed by atoms with E-state index in [1.54, 1.807) is 41.6 Å². The summed E-state index contributed by atoms with van der Waals surface area (Å²) in [6.07, 6.45) is 8.15. The van der Waals surface area contributed by atoms with Crippen LogP contribution in [0.4, 0.5) is 0 Å². The molecule has 1 aliphatic heterocycles. The van der Waals surface area contributed by atoms with Gasteiger partial charge in [-0.1, -0.05) is 25.3 Å². The second-order valence-electron chi connectivity index (χ2n) is 8.31. The lowest BCUT2D eigenvalue weighted by Gasteiger charge is -2.35. The number of amides is 1. The zero-order chi connectivity index (χ0) is 23.4. The Morgan fingerprint density at radius 1 is 1.09 bits per heavy atom. The average Bonchev–Trinajstić information content (AvgIpc) is 3.11. The van der Waals surface area contributed by atoms with Crippen LogP contribution in [0.15, 0.2) is 48.3 Å². The van der Waals surface area contributed by atoms with Gasteiger partial charge >= 0.3 is 0 Å². The second kappa shape index (κ2) is 10.1. The molecular weight excluding hydrogens is 420 g/mol. The summed E-state index contributed by atoms with van der Waals surface area (Å²) in [4.78, 5) is 32.4. The number of carbonyl (C=O) groups is 2. The zero-order valence-corrected chi connectivity index (χ0v) is 19.1. The average molecular weight is 451 g/mol. The van der Waals surface area contributed by atoms with Crippen LogP contribution in [0.5, 0.6) is 11.5 Å². The molecule has 0 spiro atoms. The summed E-state index contributed by atoms with van der Waals surface area (Å²) in [6.45, 7) is 4.59. The molecule has 2 heterocycles. The van der Waals surface area contributed by atoms with E-state index in [1.807, 2.05) is 19.9 Å². The molecule has 174 valence electrons. The zero-order valence-electron chi connectivity index (χ0n) is 19.1. The van der Waals surface area contributed by atoms with Crippen LogP contribution < -0.4 is 9.47 Å². The summed E-state index contributed by atoms with van der Waals surface area (Å²) in [5.74, 6) is -0.491. The number of aliphatic hydroxyl groups is 1. The second-order valence-corrected chi connectivity index (χ2v) is 8.31. The number of carbonyl (C=O) groups excluding carboxylic acids is 2. The maximum absolute atomic E-state index is 13.3. The highest BCUT2D eigenvalue weighted by atomic mass is 16.5. The molecule has 33 heavy (non-hydrogen) atoms. The minimum atomic E-state index is -0.692. The molecule has 7 heteroatoms. The largest absolute Gasteiger partial charge is 0.507 e. The summed E-state index contributed by atoms with van der Waals surface area (Å²) in [5, 5.41) is 11.4. The van der Waals surface area contributed by atoms with E-state index in [0.717, 1.165) is 32.1 Å². The third-order valence-electron chi connectivity index (χ3n) is 6.27. The Bertz CT molecular complexity index is 1040. The smallest absolute Gasteiger partial charge is 0.295 e. The number of aliphatic hydroxyl groups excluding tert-OH is 1. The molecule has 1 atom stereocenters. The van der Waals surface area contributed by atoms with E-state index >= 15 is 0 Å². The van der Waals surface area contributed by atoms with Gasteiger partial charge in [-0.15, -0.1) is 0 Å². The van der Waals surface area contributed by atoms with Crippen molar-refractivity contribution in [1.29, 1.82) is 0 Å². The van der Waals surface area contributed by atoms with Crippen LogP contribution in [-0.4, -0.2) is 45.9 Å². The van der Waals surface area contributed by atoms with Gasteiger partial charge < -0.3 is 19.5 Å². The van der Waals surface area contributed by atoms with Crippen LogP contribution in [0.25, 0.3) is 5.76 Å². The fourth-order valence-electron chi connectivity index (χ4n) is 4.83. The fourth-order valence-corrected chi connectivity index (χ4v) is 4.83. The number of ether oxygens (including phenoxy) is 2. The number of hydrogen-bond acceptors (Lipinski definition) is 6. The lowest BCUT2D eigenvalue weighted by Crippen LogP contribution is -2.40. The summed E-state index contributed by atoms with van der Waals surface area (Å²) < 4.78 is 11.3. The minimum absolute atomic E-state index is 0.0441. The van der Waals surface area contributed by atoms with Crippen molar-refractivity contribution < 1.29 is 24.2 Å². The number of pyridine rings is 1. The molecule has 2 fully saturated rings. The van der Waals surface area contributed by atoms with E-state index in [4.69, 9.17) is 9.47 Å². The first kappa shape index (κ1) is 22.8. The molecule has 1 unspecified atom stereocenters. The molecule has 2 aromatic rings. The van der Waals surface area contributed by atoms with Crippen LogP contribution >= 0.6 is 0 Å². The molecule has 1 saturated heterocycles. The Morgan fingerprint density at radius 3 is 2.52 bits per heavy atom. The van der Waals surface area contributed by atoms with Crippen molar-refractivity contribution in [3.05, 3.63) is 59.4 Å². The van der Waals surface area contributed by atoms with Crippen molar-refractivity contribution in [3.8, 4) is 11.5 Å². The Kier molecular flexibility index (Phi) is 6.96. The Labute approximate surface area is 194 Å². The molecule has 1 N–H and O–H groups in total. The predicted molar refractivity (Wildman–Crippen MR) is 124 cm³/mol. The van der Waals surface area contributed by atoms with E-state index < -0.39 is 17.7 Å². The first-order valence-corrected chi connectivity index (χ1v) is 11.7. The fraction of sp³-hybridized carbons (Fsp3) is 0.423. The maximum atomic E-state index is 13.3. The summed E-state index contributed by atoms with van der Waals surface area (Å²) in [6, 6.07) is 7.96. The Morgan fingerprint density at radius 2 is 1.85 bits per heavy atom. The van der Waals surface area contributed by atoms with Crippen molar-refractivity contribution >= 4 is 17.4 Å². The van der Waals surface area contributed by atoms with Crippen LogP contribution in [-0.2, 0) is 9.59 Å². The van der Waals surface area contributed by atoms with Gasteiger partial charge in [0.2, 0.25) is 0 Å². The summed E-state index contributed by atoms with van der Waals surface area (Å²) in [7, 11) is 0. The lowest BCUT2D eigenvalue weighted by molar-refractivity contribution is -0.141. The van der Waals surface area contributed by atoms with Gasteiger partial charge in [0, 0.05) is 24.5 Å². The van der Waals surface area contributed by atoms with Gasteiger partial charge in [0.05, 0.1) is 30.4 Å². The normalized spacial score (nSPS) is 20.8. The molecule has 0 bridgehead atoms. The summed E-state index contributed by atoms with van der Waals surface area (Å²) in [5.41, 5.74) is 1.13. The molecule has 4 rings (SSSR count). The topological polar surface area (TPSA) is 89.0 Å². The van der Waals surface area contributed by atoms with E-state index in [2.05, 4.69) is 4.98 Å². The lowest BCUT2D eigenvalue weighted by atomic mass is 9.91. The number of nitrogens with zero attached hydrogens (tertiary/aromatic N) is 2. The number of likely N-dealkylation sites (tertiary alicyclic amines) is 1. The van der Waals surface area contributed by atoms with Crippen LogP contribution in [0.1, 0.15) is 63.1 Å². The van der Waals surface area contributed by atoms with Crippen molar-refractivity contribution in [2.24, 2.45) is 0 Å². The number of aromatic nitrogens is 1. The molecule has 1 aromatic heterocycles. The summed E-state index contributed by atoms with van der Waals surface area (Å²) >= 11 is 0. The van der Waals surface area contributed by atoms with Crippen LogP contribution in [0.3, 0.4) is 0 Å². The number of hydrogen-bond donors (Lipinski definition) is 1. The van der Waals surface area contributed by atoms with Gasteiger partial charge in [-0.2, -0.15) is 0 Å². The quantitative estimate of drug-likeness (QED) is 0.376. The molecule has 2 aliphatic rings. The number of ketones is 1. The van der Waals surface area contributed by atoms with E-state index in [9.17, 15) is 14.7 Å². The van der Waals surface area contributed by atoms with E-state index in [1.165, 1.54) is 0 Å². The molecule has 7 nitrogen and oxygen atoms in total. The first-order valence-electron chi connectivity index (χ1n) is 11.7. The standard InChI is InChI=1S/C26H30N2O5/c1-3-32-19-12-13-20(21(15-19)33-4-2)24(29)22-23(17-9-8-14-27-16-17)28(26(31)25(22)30)18-10-6-5-7-11-18/h8-9,12-16,18,23,29H,3-7,10-11H2,1-2H3/b24-22-. The van der Waals surface area contributed by atoms with Gasteiger partial charge in [0.1, 0.15) is 17.3 Å². The van der Waals surface area contributed by atoms with Gasteiger partial charge in [0.25, 0.3) is 11.7 Å². The third kappa shape index (κ3) is 4.45. The van der Waals surface area contributed by atoms with Gasteiger partial charge in [-0.25, -0.2) is 0 Å². The third-order valence-corrected chi connectivity index (χ3v) is 6.27. The highest BCUT2D eigenvalue weighted by Crippen LogP contribution is 2.44. The maximum Gasteiger partial charge on any atom is 0.295 e. The SMILES string of the molecule is CCOc1ccc(/C(O)=C2/C(=O)C(=O)N(C3CCCCC3)C2c2cccnc2)c(OCC)c1. The highest BCUT2D eigenvalue weighted by molar-refractivity contribution is 6.46. The van der Waals surface area contributed by atoms with Crippen LogP contribution in [0.2, 0.25) is 0 Å².